The summed E-state index contributed by atoms with van der Waals surface area (Å²) in [6, 6.07) is 9.30. The van der Waals surface area contributed by atoms with Crippen LogP contribution in [0.4, 0.5) is 0 Å². The fraction of sp³-hybridized carbons (Fsp3) is 0.389. The van der Waals surface area contributed by atoms with Crippen LogP contribution in [-0.4, -0.2) is 57.3 Å². The molecule has 1 aromatic carbocycles. The van der Waals surface area contributed by atoms with E-state index in [0.717, 1.165) is 17.7 Å². The van der Waals surface area contributed by atoms with Crippen molar-refractivity contribution in [3.8, 4) is 5.69 Å². The number of para-hydroxylation sites is 1. The van der Waals surface area contributed by atoms with E-state index >= 15 is 0 Å². The first kappa shape index (κ1) is 19.9. The standard InChI is InChI=1S/C18H22N4O3.ClH/c23-17(13-21-10-4-7-16(21)18(24)25)19-9-8-14-11-20-22(12-14)15-5-2-1-3-6-15;/h1-3,5-6,11-12,16H,4,7-10,13H2,(H,19,23)(H,24,25);1H. The highest BCUT2D eigenvalue weighted by molar-refractivity contribution is 5.85. The quantitative estimate of drug-likeness (QED) is 0.762. The van der Waals surface area contributed by atoms with Crippen LogP contribution in [0.25, 0.3) is 5.69 Å². The van der Waals surface area contributed by atoms with E-state index < -0.39 is 12.0 Å². The lowest BCUT2D eigenvalue weighted by Gasteiger charge is -2.20. The molecule has 0 saturated carbocycles. The molecule has 0 spiro atoms. The van der Waals surface area contributed by atoms with Gasteiger partial charge in [0, 0.05) is 12.7 Å². The van der Waals surface area contributed by atoms with Gasteiger partial charge in [0.25, 0.3) is 0 Å². The van der Waals surface area contributed by atoms with E-state index in [4.69, 9.17) is 5.11 Å². The van der Waals surface area contributed by atoms with Crippen LogP contribution in [0.2, 0.25) is 0 Å². The number of aromatic nitrogens is 2. The van der Waals surface area contributed by atoms with Gasteiger partial charge in [-0.05, 0) is 43.5 Å². The van der Waals surface area contributed by atoms with Gasteiger partial charge in [-0.15, -0.1) is 12.4 Å². The predicted octanol–water partition coefficient (Wildman–Crippen LogP) is 1.50. The summed E-state index contributed by atoms with van der Waals surface area (Å²) in [5.74, 6) is -0.984. The van der Waals surface area contributed by atoms with E-state index in [1.54, 1.807) is 15.8 Å². The Labute approximate surface area is 158 Å². The van der Waals surface area contributed by atoms with Gasteiger partial charge in [0.2, 0.25) is 5.91 Å². The summed E-state index contributed by atoms with van der Waals surface area (Å²) in [7, 11) is 0. The van der Waals surface area contributed by atoms with Crippen molar-refractivity contribution in [2.24, 2.45) is 0 Å². The minimum absolute atomic E-state index is 0. The van der Waals surface area contributed by atoms with Crippen molar-refractivity contribution in [2.45, 2.75) is 25.3 Å². The number of nitrogens with zero attached hydrogens (tertiary/aromatic N) is 3. The molecule has 3 rings (SSSR count). The highest BCUT2D eigenvalue weighted by atomic mass is 35.5. The molecule has 1 amide bonds. The van der Waals surface area contributed by atoms with Gasteiger partial charge in [0.1, 0.15) is 6.04 Å². The molecule has 8 heteroatoms. The number of carbonyl (C=O) groups is 2. The lowest BCUT2D eigenvalue weighted by Crippen LogP contribution is -2.43. The zero-order valence-corrected chi connectivity index (χ0v) is 15.2. The van der Waals surface area contributed by atoms with Crippen molar-refractivity contribution in [2.75, 3.05) is 19.6 Å². The first-order chi connectivity index (χ1) is 12.1. The van der Waals surface area contributed by atoms with Crippen LogP contribution < -0.4 is 5.32 Å². The molecule has 1 aliphatic rings. The Morgan fingerprint density at radius 1 is 1.27 bits per heavy atom. The summed E-state index contributed by atoms with van der Waals surface area (Å²) in [6.45, 7) is 1.30. The largest absolute Gasteiger partial charge is 0.480 e. The molecule has 2 aromatic rings. The number of rotatable bonds is 7. The Morgan fingerprint density at radius 2 is 2.04 bits per heavy atom. The molecule has 1 fully saturated rings. The number of aliphatic carboxylic acids is 1. The molecule has 2 heterocycles. The minimum atomic E-state index is -0.848. The number of nitrogens with one attached hydrogen (secondary N) is 1. The number of carboxylic acid groups (broad SMARTS) is 1. The van der Waals surface area contributed by atoms with E-state index in [1.165, 1.54) is 0 Å². The maximum atomic E-state index is 12.0. The van der Waals surface area contributed by atoms with Gasteiger partial charge < -0.3 is 10.4 Å². The van der Waals surface area contributed by atoms with Crippen LogP contribution in [0.1, 0.15) is 18.4 Å². The van der Waals surface area contributed by atoms with Crippen molar-refractivity contribution in [1.29, 1.82) is 0 Å². The van der Waals surface area contributed by atoms with Crippen LogP contribution in [0.5, 0.6) is 0 Å². The summed E-state index contributed by atoms with van der Waals surface area (Å²) >= 11 is 0. The van der Waals surface area contributed by atoms with Gasteiger partial charge in [0.15, 0.2) is 0 Å². The van der Waals surface area contributed by atoms with Gasteiger partial charge in [-0.1, -0.05) is 18.2 Å². The normalized spacial score (nSPS) is 16.8. The monoisotopic (exact) mass is 378 g/mol. The van der Waals surface area contributed by atoms with Crippen molar-refractivity contribution in [3.63, 3.8) is 0 Å². The SMILES string of the molecule is Cl.O=C(CN1CCCC1C(=O)O)NCCc1cnn(-c2ccccc2)c1. The van der Waals surface area contributed by atoms with Gasteiger partial charge in [-0.3, -0.25) is 14.5 Å². The topological polar surface area (TPSA) is 87.5 Å². The Bertz CT molecular complexity index is 735. The average Bonchev–Trinajstić information content (AvgIpc) is 3.25. The van der Waals surface area contributed by atoms with Crippen LogP contribution in [-0.2, 0) is 16.0 Å². The van der Waals surface area contributed by atoms with Gasteiger partial charge in [-0.2, -0.15) is 5.10 Å². The molecule has 140 valence electrons. The summed E-state index contributed by atoms with van der Waals surface area (Å²) in [5.41, 5.74) is 2.03. The van der Waals surface area contributed by atoms with Crippen LogP contribution >= 0.6 is 12.4 Å². The molecular formula is C18H23ClN4O3. The van der Waals surface area contributed by atoms with Crippen molar-refractivity contribution < 1.29 is 14.7 Å². The lowest BCUT2D eigenvalue weighted by atomic mass is 10.2. The number of benzene rings is 1. The highest BCUT2D eigenvalue weighted by Crippen LogP contribution is 2.16. The first-order valence-corrected chi connectivity index (χ1v) is 8.46. The molecule has 0 bridgehead atoms. The van der Waals surface area contributed by atoms with E-state index in [-0.39, 0.29) is 24.9 Å². The molecule has 7 nitrogen and oxygen atoms in total. The minimum Gasteiger partial charge on any atom is -0.480 e. The molecule has 0 aliphatic carbocycles. The van der Waals surface area contributed by atoms with Gasteiger partial charge in [-0.25, -0.2) is 4.68 Å². The fourth-order valence-electron chi connectivity index (χ4n) is 3.09. The molecule has 1 unspecified atom stereocenters. The number of hydrogen-bond acceptors (Lipinski definition) is 4. The van der Waals surface area contributed by atoms with Crippen LogP contribution in [0.15, 0.2) is 42.7 Å². The van der Waals surface area contributed by atoms with Gasteiger partial charge in [0.05, 0.1) is 18.4 Å². The number of hydrogen-bond donors (Lipinski definition) is 2. The second-order valence-electron chi connectivity index (χ2n) is 6.20. The number of halogens is 1. The fourth-order valence-corrected chi connectivity index (χ4v) is 3.09. The Morgan fingerprint density at radius 3 is 2.77 bits per heavy atom. The van der Waals surface area contributed by atoms with E-state index in [0.29, 0.717) is 25.9 Å². The summed E-state index contributed by atoms with van der Waals surface area (Å²) in [5, 5.41) is 16.3. The Hall–Kier alpha value is -2.38. The molecule has 0 radical (unpaired) electrons. The third-order valence-corrected chi connectivity index (χ3v) is 4.39. The van der Waals surface area contributed by atoms with Crippen LogP contribution in [0.3, 0.4) is 0 Å². The summed E-state index contributed by atoms with van der Waals surface area (Å²) in [4.78, 5) is 24.9. The average molecular weight is 379 g/mol. The number of amides is 1. The second kappa shape index (κ2) is 9.35. The van der Waals surface area contributed by atoms with Crippen molar-refractivity contribution >= 4 is 24.3 Å². The molecule has 1 aliphatic heterocycles. The Balaban J connectivity index is 0.00000243. The molecule has 2 N–H and O–H groups in total. The predicted molar refractivity (Wildman–Crippen MR) is 99.8 cm³/mol. The summed E-state index contributed by atoms with van der Waals surface area (Å²) in [6.07, 6.45) is 5.85. The summed E-state index contributed by atoms with van der Waals surface area (Å²) < 4.78 is 1.80. The zero-order chi connectivity index (χ0) is 17.6. The second-order valence-corrected chi connectivity index (χ2v) is 6.20. The zero-order valence-electron chi connectivity index (χ0n) is 14.4. The molecule has 1 saturated heterocycles. The number of carboxylic acids is 1. The van der Waals surface area contributed by atoms with E-state index in [2.05, 4.69) is 10.4 Å². The molecule has 26 heavy (non-hydrogen) atoms. The smallest absolute Gasteiger partial charge is 0.320 e. The maximum Gasteiger partial charge on any atom is 0.320 e. The van der Waals surface area contributed by atoms with Crippen molar-refractivity contribution in [1.82, 2.24) is 20.0 Å². The lowest BCUT2D eigenvalue weighted by molar-refractivity contribution is -0.142. The third-order valence-electron chi connectivity index (χ3n) is 4.39. The Kier molecular flexibility index (Phi) is 7.17. The molecule has 1 aromatic heterocycles. The van der Waals surface area contributed by atoms with E-state index in [9.17, 15) is 9.59 Å². The molecule has 1 atom stereocenters. The third kappa shape index (κ3) is 5.06. The first-order valence-electron chi connectivity index (χ1n) is 8.46. The number of likely N-dealkylation sites (tertiary alicyclic amines) is 1. The van der Waals surface area contributed by atoms with Crippen LogP contribution in [0, 0.1) is 0 Å². The van der Waals surface area contributed by atoms with Crippen molar-refractivity contribution in [3.05, 3.63) is 48.3 Å². The maximum absolute atomic E-state index is 12.0. The van der Waals surface area contributed by atoms with E-state index in [1.807, 2.05) is 36.5 Å². The molecular weight excluding hydrogens is 356 g/mol. The number of carbonyl (C=O) groups excluding carboxylic acids is 1. The van der Waals surface area contributed by atoms with Gasteiger partial charge >= 0.3 is 5.97 Å². The highest BCUT2D eigenvalue weighted by Gasteiger charge is 2.31.